The molecule has 0 aliphatic carbocycles. The number of rotatable bonds is 6. The maximum atomic E-state index is 5.26. The zero-order valence-corrected chi connectivity index (χ0v) is 28.3. The number of nitrogens with zero attached hydrogens (tertiary/aromatic N) is 4. The number of benzene rings is 7. The predicted molar refractivity (Wildman–Crippen MR) is 215 cm³/mol. The maximum Gasteiger partial charge on any atom is 0.145 e. The molecule has 0 N–H and O–H groups in total. The summed E-state index contributed by atoms with van der Waals surface area (Å²) in [6.45, 7) is 0. The number of hydrogen-bond acceptors (Lipinski definition) is 2. The van der Waals surface area contributed by atoms with Crippen LogP contribution in [0, 0.1) is 0 Å². The highest BCUT2D eigenvalue weighted by Crippen LogP contribution is 2.40. The largest absolute Gasteiger partial charge is 0.309 e. The van der Waals surface area contributed by atoms with Gasteiger partial charge in [-0.05, 0) is 72.3 Å². The van der Waals surface area contributed by atoms with Gasteiger partial charge in [-0.3, -0.25) is 4.57 Å². The summed E-state index contributed by atoms with van der Waals surface area (Å²) in [5, 5.41) is 2.45. The predicted octanol–water partition coefficient (Wildman–Crippen LogP) is 12.2. The van der Waals surface area contributed by atoms with Gasteiger partial charge < -0.3 is 4.57 Å². The zero-order valence-electron chi connectivity index (χ0n) is 28.3. The molecule has 0 radical (unpaired) electrons. The molecule has 10 aromatic rings. The molecule has 3 heterocycles. The molecule has 0 aliphatic heterocycles. The van der Waals surface area contributed by atoms with Gasteiger partial charge in [0.1, 0.15) is 5.82 Å². The fourth-order valence-electron chi connectivity index (χ4n) is 7.54. The van der Waals surface area contributed by atoms with E-state index >= 15 is 0 Å². The van der Waals surface area contributed by atoms with Gasteiger partial charge in [0.05, 0.1) is 39.1 Å². The Balaban J connectivity index is 1.30. The van der Waals surface area contributed by atoms with Crippen LogP contribution in [-0.4, -0.2) is 19.1 Å². The average Bonchev–Trinajstić information content (AvgIpc) is 3.78. The van der Waals surface area contributed by atoms with Gasteiger partial charge in [0.2, 0.25) is 0 Å². The standard InChI is InChI=1S/C48H32N4/c1-4-16-33(17-5-1)42-31-36(32-43(49-42)34-18-6-2-7-19-34)40-30-35(48-50-41-24-12-15-27-47(41)51(48)37-20-8-3-9-21-37)28-29-46(40)52-44-25-13-10-22-38(44)39-23-11-14-26-45(39)52/h1-32H. The van der Waals surface area contributed by atoms with E-state index in [0.29, 0.717) is 0 Å². The van der Waals surface area contributed by atoms with Crippen LogP contribution in [0.2, 0.25) is 0 Å². The van der Waals surface area contributed by atoms with Gasteiger partial charge >= 0.3 is 0 Å². The third-order valence-electron chi connectivity index (χ3n) is 9.93. The Morgan fingerprint density at radius 3 is 1.48 bits per heavy atom. The normalized spacial score (nSPS) is 11.5. The first-order valence-corrected chi connectivity index (χ1v) is 17.6. The molecule has 0 aliphatic rings. The Kier molecular flexibility index (Phi) is 7.10. The Hall–Kier alpha value is -7.04. The minimum atomic E-state index is 0.892. The number of hydrogen-bond donors (Lipinski definition) is 0. The Labute approximate surface area is 301 Å². The number of aromatic nitrogens is 4. The number of imidazole rings is 1. The van der Waals surface area contributed by atoms with Crippen molar-refractivity contribution in [3.8, 4) is 56.4 Å². The van der Waals surface area contributed by atoms with E-state index in [1.54, 1.807) is 0 Å². The summed E-state index contributed by atoms with van der Waals surface area (Å²) < 4.78 is 4.68. The quantitative estimate of drug-likeness (QED) is 0.177. The van der Waals surface area contributed by atoms with Crippen molar-refractivity contribution in [2.24, 2.45) is 0 Å². The summed E-state index contributed by atoms with van der Waals surface area (Å²) in [5.41, 5.74) is 13.7. The molecular weight excluding hydrogens is 633 g/mol. The second kappa shape index (κ2) is 12.4. The summed E-state index contributed by atoms with van der Waals surface area (Å²) in [5.74, 6) is 0.892. The van der Waals surface area contributed by atoms with E-state index in [9.17, 15) is 0 Å². The van der Waals surface area contributed by atoms with Crippen LogP contribution in [0.15, 0.2) is 194 Å². The number of pyridine rings is 1. The monoisotopic (exact) mass is 664 g/mol. The van der Waals surface area contributed by atoms with Crippen LogP contribution in [0.5, 0.6) is 0 Å². The highest BCUT2D eigenvalue weighted by atomic mass is 15.1. The summed E-state index contributed by atoms with van der Waals surface area (Å²) >= 11 is 0. The lowest BCUT2D eigenvalue weighted by atomic mass is 9.96. The van der Waals surface area contributed by atoms with E-state index in [0.717, 1.165) is 78.5 Å². The van der Waals surface area contributed by atoms with Crippen LogP contribution in [0.4, 0.5) is 0 Å². The first kappa shape index (κ1) is 29.8. The first-order chi connectivity index (χ1) is 25.8. The van der Waals surface area contributed by atoms with E-state index in [1.165, 1.54) is 10.8 Å². The molecule has 0 amide bonds. The molecule has 0 saturated heterocycles. The Bertz CT molecular complexity index is 2780. The third-order valence-corrected chi connectivity index (χ3v) is 9.93. The molecule has 0 bridgehead atoms. The highest BCUT2D eigenvalue weighted by Gasteiger charge is 2.21. The van der Waals surface area contributed by atoms with E-state index in [4.69, 9.17) is 9.97 Å². The van der Waals surface area contributed by atoms with E-state index < -0.39 is 0 Å². The highest BCUT2D eigenvalue weighted by molar-refractivity contribution is 6.10. The van der Waals surface area contributed by atoms with Gasteiger partial charge in [-0.15, -0.1) is 0 Å². The Morgan fingerprint density at radius 1 is 0.346 bits per heavy atom. The van der Waals surface area contributed by atoms with Crippen molar-refractivity contribution in [2.45, 2.75) is 0 Å². The van der Waals surface area contributed by atoms with Gasteiger partial charge in [0.25, 0.3) is 0 Å². The van der Waals surface area contributed by atoms with Gasteiger partial charge in [0, 0.05) is 38.7 Å². The molecule has 52 heavy (non-hydrogen) atoms. The first-order valence-electron chi connectivity index (χ1n) is 17.6. The molecule has 244 valence electrons. The van der Waals surface area contributed by atoms with Gasteiger partial charge in [-0.2, -0.15) is 0 Å². The molecule has 0 saturated carbocycles. The van der Waals surface area contributed by atoms with Crippen molar-refractivity contribution < 1.29 is 0 Å². The number of fused-ring (bicyclic) bond motifs is 4. The fourth-order valence-corrected chi connectivity index (χ4v) is 7.54. The van der Waals surface area contributed by atoms with Gasteiger partial charge in [-0.25, -0.2) is 9.97 Å². The molecule has 0 unspecified atom stereocenters. The van der Waals surface area contributed by atoms with Crippen molar-refractivity contribution in [3.63, 3.8) is 0 Å². The smallest absolute Gasteiger partial charge is 0.145 e. The van der Waals surface area contributed by atoms with Crippen LogP contribution < -0.4 is 0 Å². The van der Waals surface area contributed by atoms with Gasteiger partial charge in [0.15, 0.2) is 0 Å². The third kappa shape index (κ3) is 5.00. The van der Waals surface area contributed by atoms with Crippen LogP contribution >= 0.6 is 0 Å². The Morgan fingerprint density at radius 2 is 0.865 bits per heavy atom. The van der Waals surface area contributed by atoms with Crippen LogP contribution in [0.3, 0.4) is 0 Å². The summed E-state index contributed by atoms with van der Waals surface area (Å²) in [6.07, 6.45) is 0. The topological polar surface area (TPSA) is 35.6 Å². The van der Waals surface area contributed by atoms with Crippen LogP contribution in [0.25, 0.3) is 89.2 Å². The second-order valence-electron chi connectivity index (χ2n) is 13.1. The molecule has 0 fully saturated rings. The molecule has 7 aromatic carbocycles. The summed E-state index contributed by atoms with van der Waals surface area (Å²) in [6, 6.07) is 68.5. The van der Waals surface area contributed by atoms with Crippen molar-refractivity contribution in [2.75, 3.05) is 0 Å². The average molecular weight is 665 g/mol. The van der Waals surface area contributed by atoms with Crippen molar-refractivity contribution >= 4 is 32.8 Å². The van der Waals surface area contributed by atoms with Crippen molar-refractivity contribution in [1.29, 1.82) is 0 Å². The lowest BCUT2D eigenvalue weighted by molar-refractivity contribution is 1.10. The summed E-state index contributed by atoms with van der Waals surface area (Å²) in [7, 11) is 0. The van der Waals surface area contributed by atoms with E-state index in [2.05, 4.69) is 191 Å². The molecule has 0 spiro atoms. The SMILES string of the molecule is c1ccc(-c2cc(-c3cc(-c4nc5ccccc5n4-c4ccccc4)ccc3-n3c4ccccc4c4ccccc43)cc(-c3ccccc3)n2)cc1. The number of para-hydroxylation sites is 5. The summed E-state index contributed by atoms with van der Waals surface area (Å²) in [4.78, 5) is 10.5. The lowest BCUT2D eigenvalue weighted by Gasteiger charge is -2.18. The fraction of sp³-hybridized carbons (Fsp3) is 0. The molecular formula is C48H32N4. The van der Waals surface area contributed by atoms with Gasteiger partial charge in [-0.1, -0.05) is 127 Å². The van der Waals surface area contributed by atoms with Crippen LogP contribution in [-0.2, 0) is 0 Å². The molecule has 10 rings (SSSR count). The van der Waals surface area contributed by atoms with E-state index in [-0.39, 0.29) is 0 Å². The molecule has 0 atom stereocenters. The van der Waals surface area contributed by atoms with Crippen LogP contribution in [0.1, 0.15) is 0 Å². The minimum Gasteiger partial charge on any atom is -0.309 e. The van der Waals surface area contributed by atoms with Crippen molar-refractivity contribution in [3.05, 3.63) is 194 Å². The maximum absolute atomic E-state index is 5.26. The minimum absolute atomic E-state index is 0.892. The second-order valence-corrected chi connectivity index (χ2v) is 13.1. The van der Waals surface area contributed by atoms with E-state index in [1.807, 2.05) is 12.1 Å². The molecule has 4 heteroatoms. The van der Waals surface area contributed by atoms with Crippen molar-refractivity contribution in [1.82, 2.24) is 19.1 Å². The lowest BCUT2D eigenvalue weighted by Crippen LogP contribution is -2.01. The molecule has 4 nitrogen and oxygen atoms in total. The molecule has 3 aromatic heterocycles. The zero-order chi connectivity index (χ0) is 34.4.